The van der Waals surface area contributed by atoms with Gasteiger partial charge in [-0.2, -0.15) is 0 Å². The van der Waals surface area contributed by atoms with E-state index in [9.17, 15) is 9.18 Å². The zero-order valence-corrected chi connectivity index (χ0v) is 13.9. The van der Waals surface area contributed by atoms with Gasteiger partial charge in [0.05, 0.1) is 0 Å². The van der Waals surface area contributed by atoms with E-state index in [-0.39, 0.29) is 11.6 Å². The molecule has 5 nitrogen and oxygen atoms in total. The van der Waals surface area contributed by atoms with E-state index in [2.05, 4.69) is 20.6 Å². The van der Waals surface area contributed by atoms with Crippen molar-refractivity contribution in [1.29, 1.82) is 0 Å². The Morgan fingerprint density at radius 1 is 0.920 bits per heavy atom. The summed E-state index contributed by atoms with van der Waals surface area (Å²) in [7, 11) is 0. The van der Waals surface area contributed by atoms with Gasteiger partial charge in [0.2, 0.25) is 0 Å². The third-order valence-corrected chi connectivity index (χ3v) is 3.50. The summed E-state index contributed by atoms with van der Waals surface area (Å²) in [5.41, 5.74) is 2.11. The number of aryl methyl sites for hydroxylation is 1. The van der Waals surface area contributed by atoms with E-state index in [1.165, 1.54) is 19.1 Å². The van der Waals surface area contributed by atoms with E-state index < -0.39 is 0 Å². The number of aromatic nitrogens is 2. The minimum atomic E-state index is -0.294. The maximum absolute atomic E-state index is 13.0. The molecule has 25 heavy (non-hydrogen) atoms. The first kappa shape index (κ1) is 16.6. The average molecular weight is 336 g/mol. The number of nitrogens with one attached hydrogen (secondary N) is 2. The van der Waals surface area contributed by atoms with Crippen molar-refractivity contribution in [3.05, 3.63) is 71.8 Å². The Balaban J connectivity index is 1.83. The Kier molecular flexibility index (Phi) is 4.70. The summed E-state index contributed by atoms with van der Waals surface area (Å²) in [6, 6.07) is 15.0. The van der Waals surface area contributed by atoms with Crippen molar-refractivity contribution >= 4 is 28.8 Å². The summed E-state index contributed by atoms with van der Waals surface area (Å²) in [6.07, 6.45) is 0. The zero-order chi connectivity index (χ0) is 17.8. The first-order valence-corrected chi connectivity index (χ1v) is 7.76. The molecular formula is C19H17FN4O. The monoisotopic (exact) mass is 336 g/mol. The Bertz CT molecular complexity index is 910. The van der Waals surface area contributed by atoms with Crippen LogP contribution >= 0.6 is 0 Å². The summed E-state index contributed by atoms with van der Waals surface area (Å²) >= 11 is 0. The number of benzene rings is 2. The maximum atomic E-state index is 13.0. The number of carbonyl (C=O) groups excluding carboxylic acids is 1. The van der Waals surface area contributed by atoms with Gasteiger partial charge in [-0.15, -0.1) is 0 Å². The first-order chi connectivity index (χ1) is 12.0. The molecular weight excluding hydrogens is 319 g/mol. The summed E-state index contributed by atoms with van der Waals surface area (Å²) < 4.78 is 13.0. The van der Waals surface area contributed by atoms with E-state index >= 15 is 0 Å². The number of Topliss-reactive ketones (excluding diaryl/α,β-unsaturated/α-hetero) is 1. The molecule has 126 valence electrons. The van der Waals surface area contributed by atoms with Crippen molar-refractivity contribution < 1.29 is 9.18 Å². The molecule has 2 aromatic carbocycles. The topological polar surface area (TPSA) is 66.9 Å². The van der Waals surface area contributed by atoms with Gasteiger partial charge in [-0.25, -0.2) is 14.4 Å². The number of anilines is 4. The fraction of sp³-hybridized carbons (Fsp3) is 0.105. The molecule has 0 saturated carbocycles. The zero-order valence-electron chi connectivity index (χ0n) is 13.9. The smallest absolute Gasteiger partial charge is 0.159 e. The summed E-state index contributed by atoms with van der Waals surface area (Å²) in [5, 5.41) is 6.29. The van der Waals surface area contributed by atoms with Crippen molar-refractivity contribution in [3.8, 4) is 0 Å². The van der Waals surface area contributed by atoms with Crippen LogP contribution in [0.25, 0.3) is 0 Å². The first-order valence-electron chi connectivity index (χ1n) is 7.76. The van der Waals surface area contributed by atoms with Gasteiger partial charge in [0, 0.05) is 23.0 Å². The maximum Gasteiger partial charge on any atom is 0.159 e. The predicted molar refractivity (Wildman–Crippen MR) is 96.2 cm³/mol. The highest BCUT2D eigenvalue weighted by atomic mass is 19.1. The number of hydrogen-bond acceptors (Lipinski definition) is 5. The number of ketones is 1. The number of carbonyl (C=O) groups is 1. The molecule has 6 heteroatoms. The van der Waals surface area contributed by atoms with Crippen LogP contribution in [0.1, 0.15) is 23.1 Å². The van der Waals surface area contributed by atoms with Crippen molar-refractivity contribution in [2.75, 3.05) is 10.6 Å². The third-order valence-electron chi connectivity index (χ3n) is 3.50. The fourth-order valence-corrected chi connectivity index (χ4v) is 2.34. The van der Waals surface area contributed by atoms with Crippen molar-refractivity contribution in [1.82, 2.24) is 9.97 Å². The SMILES string of the molecule is CC(=O)c1cccc(Nc2cc(Nc3ccc(F)cc3)nc(C)n2)c1. The van der Waals surface area contributed by atoms with Gasteiger partial charge in [-0.05, 0) is 50.2 Å². The molecule has 3 aromatic rings. The largest absolute Gasteiger partial charge is 0.340 e. The summed E-state index contributed by atoms with van der Waals surface area (Å²) in [5.74, 6) is 1.47. The Morgan fingerprint density at radius 2 is 1.56 bits per heavy atom. The number of halogens is 1. The summed E-state index contributed by atoms with van der Waals surface area (Å²) in [4.78, 5) is 20.2. The van der Waals surface area contributed by atoms with Crippen LogP contribution in [0.5, 0.6) is 0 Å². The summed E-state index contributed by atoms with van der Waals surface area (Å²) in [6.45, 7) is 3.31. The molecule has 0 atom stereocenters. The van der Waals surface area contributed by atoms with Gasteiger partial charge in [-0.3, -0.25) is 4.79 Å². The standard InChI is InChI=1S/C19H17FN4O/c1-12(25)14-4-3-5-17(10-14)24-19-11-18(21-13(2)22-19)23-16-8-6-15(20)7-9-16/h3-11H,1-2H3,(H2,21,22,23,24). The van der Waals surface area contributed by atoms with Gasteiger partial charge in [0.25, 0.3) is 0 Å². The molecule has 0 amide bonds. The molecule has 0 unspecified atom stereocenters. The molecule has 0 bridgehead atoms. The van der Waals surface area contributed by atoms with Gasteiger partial charge >= 0.3 is 0 Å². The van der Waals surface area contributed by atoms with Crippen LogP contribution in [0.4, 0.5) is 27.4 Å². The van der Waals surface area contributed by atoms with Crippen LogP contribution in [0.2, 0.25) is 0 Å². The highest BCUT2D eigenvalue weighted by Crippen LogP contribution is 2.21. The van der Waals surface area contributed by atoms with Gasteiger partial charge in [0.1, 0.15) is 23.3 Å². The lowest BCUT2D eigenvalue weighted by molar-refractivity contribution is 0.101. The molecule has 2 N–H and O–H groups in total. The number of rotatable bonds is 5. The molecule has 0 aliphatic carbocycles. The number of nitrogens with zero attached hydrogens (tertiary/aromatic N) is 2. The Hall–Kier alpha value is -3.28. The third kappa shape index (κ3) is 4.38. The van der Waals surface area contributed by atoms with Gasteiger partial charge in [-0.1, -0.05) is 12.1 Å². The molecule has 0 radical (unpaired) electrons. The van der Waals surface area contributed by atoms with Gasteiger partial charge in [0.15, 0.2) is 5.78 Å². The fourth-order valence-electron chi connectivity index (χ4n) is 2.34. The van der Waals surface area contributed by atoms with Crippen LogP contribution in [0, 0.1) is 12.7 Å². The second-order valence-corrected chi connectivity index (χ2v) is 5.58. The molecule has 1 heterocycles. The lowest BCUT2D eigenvalue weighted by Gasteiger charge is -2.11. The van der Waals surface area contributed by atoms with E-state index in [4.69, 9.17) is 0 Å². The minimum Gasteiger partial charge on any atom is -0.340 e. The quantitative estimate of drug-likeness (QED) is 0.666. The van der Waals surface area contributed by atoms with Crippen LogP contribution in [-0.2, 0) is 0 Å². The lowest BCUT2D eigenvalue weighted by Crippen LogP contribution is -2.02. The van der Waals surface area contributed by atoms with Crippen molar-refractivity contribution in [2.45, 2.75) is 13.8 Å². The molecule has 3 rings (SSSR count). The molecule has 0 spiro atoms. The van der Waals surface area contributed by atoms with Gasteiger partial charge < -0.3 is 10.6 Å². The van der Waals surface area contributed by atoms with Crippen LogP contribution < -0.4 is 10.6 Å². The van der Waals surface area contributed by atoms with Crippen LogP contribution in [-0.4, -0.2) is 15.8 Å². The lowest BCUT2D eigenvalue weighted by atomic mass is 10.1. The average Bonchev–Trinajstić information content (AvgIpc) is 2.57. The second-order valence-electron chi connectivity index (χ2n) is 5.58. The number of hydrogen-bond donors (Lipinski definition) is 2. The van der Waals surface area contributed by atoms with Crippen LogP contribution in [0.3, 0.4) is 0 Å². The predicted octanol–water partition coefficient (Wildman–Crippen LogP) is 4.61. The van der Waals surface area contributed by atoms with E-state index in [1.54, 1.807) is 37.3 Å². The highest BCUT2D eigenvalue weighted by Gasteiger charge is 2.05. The van der Waals surface area contributed by atoms with E-state index in [0.29, 0.717) is 23.0 Å². The van der Waals surface area contributed by atoms with Crippen molar-refractivity contribution in [3.63, 3.8) is 0 Å². The Morgan fingerprint density at radius 3 is 2.20 bits per heavy atom. The van der Waals surface area contributed by atoms with E-state index in [1.807, 2.05) is 12.1 Å². The second kappa shape index (κ2) is 7.09. The Labute approximate surface area is 145 Å². The molecule has 0 aliphatic heterocycles. The van der Waals surface area contributed by atoms with Crippen LogP contribution in [0.15, 0.2) is 54.6 Å². The van der Waals surface area contributed by atoms with Crippen molar-refractivity contribution in [2.24, 2.45) is 0 Å². The molecule has 0 saturated heterocycles. The normalized spacial score (nSPS) is 10.4. The minimum absolute atomic E-state index is 0.00110. The molecule has 1 aromatic heterocycles. The molecule has 0 aliphatic rings. The van der Waals surface area contributed by atoms with E-state index in [0.717, 1.165) is 11.4 Å². The molecule has 0 fully saturated rings. The highest BCUT2D eigenvalue weighted by molar-refractivity contribution is 5.95.